The summed E-state index contributed by atoms with van der Waals surface area (Å²) < 4.78 is 5.95. The standard InChI is InChI=1S/C13H18.C10H15N.C9H15NO.C8H11ClS/c1-13(2,3)12-8-7-10-5-4-6-11(10)9-12;1-8-5-6-9(11-7-8)10(2,3)4;1-6-8(9(3,4)5)7(2)11-10-6;1-8(2,3)6-4-5-7(9)10-6/h7-9H,4-6H2,1-3H3;5-7H,1-4H3;1-5H3;4-5H,1-3H3. The lowest BCUT2D eigenvalue weighted by Crippen LogP contribution is -2.12. The highest BCUT2D eigenvalue weighted by atomic mass is 35.5. The Kier molecular flexibility index (Phi) is 13.3. The number of pyridine rings is 1. The summed E-state index contributed by atoms with van der Waals surface area (Å²) in [6.45, 7) is 32.4. The van der Waals surface area contributed by atoms with Gasteiger partial charge in [-0.25, -0.2) is 0 Å². The summed E-state index contributed by atoms with van der Waals surface area (Å²) in [6.07, 6.45) is 5.85. The van der Waals surface area contributed by atoms with Crippen LogP contribution in [0.25, 0.3) is 0 Å². The molecule has 0 N–H and O–H groups in total. The molecule has 0 spiro atoms. The fraction of sp³-hybridized carbons (Fsp3) is 0.550. The molecule has 1 aliphatic rings. The van der Waals surface area contributed by atoms with Gasteiger partial charge in [0.15, 0.2) is 0 Å². The molecule has 3 heterocycles. The topological polar surface area (TPSA) is 38.9 Å². The molecule has 5 rings (SSSR count). The molecule has 0 saturated carbocycles. The van der Waals surface area contributed by atoms with E-state index in [9.17, 15) is 0 Å². The van der Waals surface area contributed by atoms with E-state index in [1.54, 1.807) is 22.5 Å². The van der Waals surface area contributed by atoms with Crippen LogP contribution in [0.15, 0.2) is 53.2 Å². The maximum absolute atomic E-state index is 5.78. The molecule has 248 valence electrons. The molecule has 3 aromatic heterocycles. The van der Waals surface area contributed by atoms with Crippen molar-refractivity contribution in [3.63, 3.8) is 0 Å². The second-order valence-corrected chi connectivity index (χ2v) is 18.1. The molecule has 0 aliphatic heterocycles. The minimum Gasteiger partial charge on any atom is -0.361 e. The number of aromatic nitrogens is 2. The first-order valence-corrected chi connectivity index (χ1v) is 17.4. The number of halogens is 1. The first-order valence-electron chi connectivity index (χ1n) is 16.2. The molecule has 0 radical (unpaired) electrons. The van der Waals surface area contributed by atoms with Gasteiger partial charge in [0.05, 0.1) is 10.0 Å². The largest absolute Gasteiger partial charge is 0.361 e. The molecule has 4 aromatic rings. The van der Waals surface area contributed by atoms with Crippen LogP contribution in [0, 0.1) is 20.8 Å². The molecule has 0 atom stereocenters. The lowest BCUT2D eigenvalue weighted by molar-refractivity contribution is 0.389. The number of benzene rings is 1. The van der Waals surface area contributed by atoms with Gasteiger partial charge in [-0.3, -0.25) is 4.98 Å². The summed E-state index contributed by atoms with van der Waals surface area (Å²) in [6, 6.07) is 15.3. The summed E-state index contributed by atoms with van der Waals surface area (Å²) in [7, 11) is 0. The minimum absolute atomic E-state index is 0.147. The van der Waals surface area contributed by atoms with E-state index >= 15 is 0 Å². The Morgan fingerprint density at radius 2 is 1.31 bits per heavy atom. The molecular formula is C40H59ClN2OS. The van der Waals surface area contributed by atoms with Crippen LogP contribution in [0.4, 0.5) is 0 Å². The van der Waals surface area contributed by atoms with Gasteiger partial charge in [0, 0.05) is 27.7 Å². The number of thiophene rings is 1. The Balaban J connectivity index is 0.000000210. The van der Waals surface area contributed by atoms with Crippen LogP contribution in [0.2, 0.25) is 4.34 Å². The summed E-state index contributed by atoms with van der Waals surface area (Å²) in [5.74, 6) is 0.940. The molecule has 45 heavy (non-hydrogen) atoms. The summed E-state index contributed by atoms with van der Waals surface area (Å²) in [5.41, 5.74) is 10.1. The van der Waals surface area contributed by atoms with Crippen molar-refractivity contribution in [3.8, 4) is 0 Å². The highest BCUT2D eigenvalue weighted by molar-refractivity contribution is 7.16. The van der Waals surface area contributed by atoms with Gasteiger partial charge in [-0.1, -0.05) is 124 Å². The van der Waals surface area contributed by atoms with Crippen LogP contribution in [-0.2, 0) is 34.5 Å². The predicted molar refractivity (Wildman–Crippen MR) is 198 cm³/mol. The van der Waals surface area contributed by atoms with E-state index in [1.807, 2.05) is 26.1 Å². The number of hydrogen-bond acceptors (Lipinski definition) is 4. The van der Waals surface area contributed by atoms with E-state index in [0.29, 0.717) is 5.41 Å². The van der Waals surface area contributed by atoms with Gasteiger partial charge in [0.25, 0.3) is 0 Å². The van der Waals surface area contributed by atoms with Crippen LogP contribution in [0.5, 0.6) is 0 Å². The molecule has 1 aromatic carbocycles. The molecule has 0 amide bonds. The van der Waals surface area contributed by atoms with Gasteiger partial charge in [0.1, 0.15) is 5.76 Å². The third-order valence-electron chi connectivity index (χ3n) is 7.74. The monoisotopic (exact) mass is 650 g/mol. The van der Waals surface area contributed by atoms with Gasteiger partial charge in [0.2, 0.25) is 0 Å². The molecule has 0 saturated heterocycles. The van der Waals surface area contributed by atoms with Crippen LogP contribution in [0.3, 0.4) is 0 Å². The van der Waals surface area contributed by atoms with E-state index in [-0.39, 0.29) is 16.2 Å². The Morgan fingerprint density at radius 1 is 0.689 bits per heavy atom. The summed E-state index contributed by atoms with van der Waals surface area (Å²) in [4.78, 5) is 5.69. The second-order valence-electron chi connectivity index (χ2n) is 16.4. The van der Waals surface area contributed by atoms with E-state index in [2.05, 4.69) is 137 Å². The molecule has 5 heteroatoms. The van der Waals surface area contributed by atoms with E-state index in [0.717, 1.165) is 21.5 Å². The first kappa shape index (κ1) is 38.8. The average molecular weight is 651 g/mol. The van der Waals surface area contributed by atoms with E-state index in [1.165, 1.54) is 40.8 Å². The average Bonchev–Trinajstić information content (AvgIpc) is 3.63. The number of nitrogens with zero attached hydrogens (tertiary/aromatic N) is 2. The van der Waals surface area contributed by atoms with Gasteiger partial charge in [-0.2, -0.15) is 0 Å². The van der Waals surface area contributed by atoms with Gasteiger partial charge in [-0.15, -0.1) is 11.3 Å². The zero-order valence-corrected chi connectivity index (χ0v) is 32.4. The summed E-state index contributed by atoms with van der Waals surface area (Å²) in [5, 5.41) is 3.91. The maximum atomic E-state index is 5.78. The quantitative estimate of drug-likeness (QED) is 0.190. The molecule has 1 aliphatic carbocycles. The Labute approximate surface area is 284 Å². The fourth-order valence-electron chi connectivity index (χ4n) is 5.22. The Hall–Kier alpha value is -2.43. The molecule has 0 unspecified atom stereocenters. The molecule has 3 nitrogen and oxygen atoms in total. The maximum Gasteiger partial charge on any atom is 0.137 e. The lowest BCUT2D eigenvalue weighted by atomic mass is 9.85. The third-order valence-corrected chi connectivity index (χ3v) is 9.40. The van der Waals surface area contributed by atoms with Gasteiger partial charge >= 0.3 is 0 Å². The normalized spacial score (nSPS) is 13.1. The van der Waals surface area contributed by atoms with Crippen molar-refractivity contribution in [3.05, 3.63) is 103 Å². The molecule has 0 bridgehead atoms. The van der Waals surface area contributed by atoms with Crippen molar-refractivity contribution in [2.75, 3.05) is 0 Å². The van der Waals surface area contributed by atoms with Crippen molar-refractivity contribution >= 4 is 22.9 Å². The zero-order valence-electron chi connectivity index (χ0n) is 30.8. The molecule has 0 fully saturated rings. The van der Waals surface area contributed by atoms with Crippen molar-refractivity contribution in [2.24, 2.45) is 0 Å². The lowest BCUT2D eigenvalue weighted by Gasteiger charge is -2.19. The third kappa shape index (κ3) is 12.4. The smallest absolute Gasteiger partial charge is 0.137 e. The van der Waals surface area contributed by atoms with Crippen LogP contribution < -0.4 is 0 Å². The van der Waals surface area contributed by atoms with Crippen molar-refractivity contribution in [1.29, 1.82) is 0 Å². The van der Waals surface area contributed by atoms with E-state index in [4.69, 9.17) is 16.1 Å². The Bertz CT molecular complexity index is 1460. The van der Waals surface area contributed by atoms with Crippen LogP contribution >= 0.6 is 22.9 Å². The highest BCUT2D eigenvalue weighted by Gasteiger charge is 2.22. The van der Waals surface area contributed by atoms with Gasteiger partial charge < -0.3 is 4.52 Å². The van der Waals surface area contributed by atoms with Gasteiger partial charge in [-0.05, 0) is 96.7 Å². The van der Waals surface area contributed by atoms with Crippen LogP contribution in [0.1, 0.15) is 139 Å². The fourth-order valence-corrected chi connectivity index (χ4v) is 6.32. The Morgan fingerprint density at radius 3 is 1.69 bits per heavy atom. The SMILES string of the molecule is CC(C)(C)c1ccc(Cl)s1.CC(C)(C)c1ccc2c(c1)CCC2.Cc1ccc(C(C)(C)C)nc1.Cc1noc(C)c1C(C)(C)C. The van der Waals surface area contributed by atoms with Crippen molar-refractivity contribution in [2.45, 2.75) is 145 Å². The number of hydrogen-bond donors (Lipinski definition) is 0. The van der Waals surface area contributed by atoms with E-state index < -0.39 is 0 Å². The second kappa shape index (κ2) is 15.4. The highest BCUT2D eigenvalue weighted by Crippen LogP contribution is 2.32. The zero-order chi connectivity index (χ0) is 34.4. The first-order chi connectivity index (χ1) is 20.5. The predicted octanol–water partition coefficient (Wildman–Crippen LogP) is 12.4. The summed E-state index contributed by atoms with van der Waals surface area (Å²) >= 11 is 7.45. The number of aryl methyl sites for hydroxylation is 5. The minimum atomic E-state index is 0.147. The number of fused-ring (bicyclic) bond motifs is 1. The van der Waals surface area contributed by atoms with Crippen molar-refractivity contribution < 1.29 is 4.52 Å². The molecular weight excluding hydrogens is 592 g/mol. The number of rotatable bonds is 0. The van der Waals surface area contributed by atoms with Crippen LogP contribution in [-0.4, -0.2) is 10.1 Å². The van der Waals surface area contributed by atoms with Crippen molar-refractivity contribution in [1.82, 2.24) is 10.1 Å².